The van der Waals surface area contributed by atoms with Crippen molar-refractivity contribution >= 4 is 39.4 Å². The van der Waals surface area contributed by atoms with Gasteiger partial charge in [-0.1, -0.05) is 70.1 Å². The van der Waals surface area contributed by atoms with Crippen LogP contribution in [0.15, 0.2) is 48.5 Å². The van der Waals surface area contributed by atoms with Crippen molar-refractivity contribution < 1.29 is 24.2 Å². The molecule has 0 aromatic heterocycles. The molecule has 0 radical (unpaired) electrons. The Kier molecular flexibility index (Phi) is 7.60. The van der Waals surface area contributed by atoms with Gasteiger partial charge in [-0.05, 0) is 22.3 Å². The van der Waals surface area contributed by atoms with Crippen molar-refractivity contribution in [3.63, 3.8) is 0 Å². The molecular weight excluding hydrogens is 438 g/mol. The Balaban J connectivity index is 1.70. The largest absolute Gasteiger partial charge is 0.480 e. The van der Waals surface area contributed by atoms with Crippen LogP contribution in [-0.4, -0.2) is 52.6 Å². The van der Waals surface area contributed by atoms with E-state index in [1.54, 1.807) is 0 Å². The van der Waals surface area contributed by atoms with Crippen molar-refractivity contribution in [1.29, 1.82) is 0 Å². The fraction of sp³-hybridized carbons (Fsp3) is 0.286. The Labute approximate surface area is 187 Å². The average molecular weight is 462 g/mol. The molecule has 10 heteroatoms. The molecule has 0 heterocycles. The number of hydrogen-bond donors (Lipinski definition) is 4. The standard InChI is InChI=1S/C21H23N3O5S2/c22-16(20(26)27)10-30-31-18(17(23)19(24)25)21(28)29-9-15-13-7-3-1-5-11(13)12-6-2-4-8-14(12)15/h1-8,15-18H,9-10,22-23H2,(H2,24,25)(H,26,27)/t16-,17-,18?/m0/s1. The van der Waals surface area contributed by atoms with Crippen molar-refractivity contribution in [2.45, 2.75) is 23.3 Å². The molecule has 1 aliphatic rings. The summed E-state index contributed by atoms with van der Waals surface area (Å²) in [5.74, 6) is -2.81. The summed E-state index contributed by atoms with van der Waals surface area (Å²) in [6.07, 6.45) is 0. The predicted octanol–water partition coefficient (Wildman–Crippen LogP) is 1.32. The molecule has 2 aromatic rings. The maximum absolute atomic E-state index is 12.8. The lowest BCUT2D eigenvalue weighted by molar-refractivity contribution is -0.144. The number of carboxylic acids is 1. The number of carbonyl (C=O) groups is 3. The van der Waals surface area contributed by atoms with E-state index in [1.807, 2.05) is 48.5 Å². The van der Waals surface area contributed by atoms with Crippen LogP contribution in [0.1, 0.15) is 17.0 Å². The number of fused-ring (bicyclic) bond motifs is 3. The first kappa shape index (κ1) is 23.1. The van der Waals surface area contributed by atoms with Gasteiger partial charge in [0.05, 0.1) is 0 Å². The minimum atomic E-state index is -1.28. The van der Waals surface area contributed by atoms with Crippen molar-refractivity contribution in [1.82, 2.24) is 0 Å². The summed E-state index contributed by atoms with van der Waals surface area (Å²) < 4.78 is 5.57. The first-order valence-corrected chi connectivity index (χ1v) is 11.9. The van der Waals surface area contributed by atoms with Gasteiger partial charge >= 0.3 is 11.9 Å². The van der Waals surface area contributed by atoms with E-state index in [2.05, 4.69) is 0 Å². The monoisotopic (exact) mass is 461 g/mol. The van der Waals surface area contributed by atoms with Gasteiger partial charge in [-0.15, -0.1) is 0 Å². The molecule has 0 aliphatic heterocycles. The SMILES string of the molecule is NC(=O)[C@@H](N)C(SSC[C@H](N)C(=O)O)C(=O)OCC1c2ccccc2-c2ccccc21. The Morgan fingerprint density at radius 1 is 1.00 bits per heavy atom. The number of hydrogen-bond acceptors (Lipinski definition) is 8. The van der Waals surface area contributed by atoms with Crippen LogP contribution in [-0.2, 0) is 19.1 Å². The molecule has 31 heavy (non-hydrogen) atoms. The van der Waals surface area contributed by atoms with Crippen LogP contribution in [0.3, 0.4) is 0 Å². The summed E-state index contributed by atoms with van der Waals surface area (Å²) in [5, 5.41) is 7.79. The molecule has 3 rings (SSSR count). The predicted molar refractivity (Wildman–Crippen MR) is 121 cm³/mol. The molecule has 1 unspecified atom stereocenters. The number of carboxylic acid groups (broad SMARTS) is 1. The second-order valence-electron chi connectivity index (χ2n) is 7.03. The van der Waals surface area contributed by atoms with Crippen LogP contribution in [0.2, 0.25) is 0 Å². The Hall–Kier alpha value is -2.53. The lowest BCUT2D eigenvalue weighted by atomic mass is 9.98. The summed E-state index contributed by atoms with van der Waals surface area (Å²) in [4.78, 5) is 35.2. The number of esters is 1. The first-order valence-electron chi connectivity index (χ1n) is 9.47. The molecule has 1 aliphatic carbocycles. The summed E-state index contributed by atoms with van der Waals surface area (Å²) in [6, 6.07) is 13.5. The number of nitrogens with two attached hydrogens (primary N) is 3. The van der Waals surface area contributed by atoms with Crippen molar-refractivity contribution in [2.24, 2.45) is 17.2 Å². The molecule has 1 amide bonds. The van der Waals surface area contributed by atoms with E-state index in [0.717, 1.165) is 43.8 Å². The molecule has 0 saturated heterocycles. The van der Waals surface area contributed by atoms with Gasteiger partial charge < -0.3 is 27.0 Å². The van der Waals surface area contributed by atoms with Crippen LogP contribution in [0.25, 0.3) is 11.1 Å². The van der Waals surface area contributed by atoms with Gasteiger partial charge in [-0.3, -0.25) is 14.4 Å². The Morgan fingerprint density at radius 3 is 2.06 bits per heavy atom. The van der Waals surface area contributed by atoms with E-state index in [4.69, 9.17) is 27.0 Å². The second-order valence-corrected chi connectivity index (χ2v) is 9.59. The summed E-state index contributed by atoms with van der Waals surface area (Å²) >= 11 is 0. The zero-order valence-electron chi connectivity index (χ0n) is 16.5. The van der Waals surface area contributed by atoms with E-state index >= 15 is 0 Å². The quantitative estimate of drug-likeness (QED) is 0.302. The van der Waals surface area contributed by atoms with Crippen LogP contribution < -0.4 is 17.2 Å². The Morgan fingerprint density at radius 2 is 1.55 bits per heavy atom. The van der Waals surface area contributed by atoms with Crippen molar-refractivity contribution in [3.8, 4) is 11.1 Å². The fourth-order valence-electron chi connectivity index (χ4n) is 3.34. The summed E-state index contributed by atoms with van der Waals surface area (Å²) in [6.45, 7) is 0.0781. The highest BCUT2D eigenvalue weighted by atomic mass is 33.1. The maximum atomic E-state index is 12.8. The van der Waals surface area contributed by atoms with Gasteiger partial charge in [-0.2, -0.15) is 0 Å². The third-order valence-corrected chi connectivity index (χ3v) is 7.74. The third kappa shape index (κ3) is 5.21. The number of carbonyl (C=O) groups excluding carboxylic acids is 2. The maximum Gasteiger partial charge on any atom is 0.322 e. The smallest absolute Gasteiger partial charge is 0.322 e. The first-order chi connectivity index (χ1) is 14.8. The highest BCUT2D eigenvalue weighted by Crippen LogP contribution is 2.44. The topological polar surface area (TPSA) is 159 Å². The molecule has 0 saturated carbocycles. The molecule has 7 N–H and O–H groups in total. The normalized spacial score (nSPS) is 15.4. The van der Waals surface area contributed by atoms with Crippen molar-refractivity contribution in [3.05, 3.63) is 59.7 Å². The van der Waals surface area contributed by atoms with Crippen LogP contribution in [0.4, 0.5) is 0 Å². The number of amides is 1. The molecule has 8 nitrogen and oxygen atoms in total. The van der Waals surface area contributed by atoms with Crippen LogP contribution in [0.5, 0.6) is 0 Å². The minimum absolute atomic E-state index is 0.0264. The van der Waals surface area contributed by atoms with Gasteiger partial charge in [0.2, 0.25) is 5.91 Å². The molecule has 164 valence electrons. The zero-order valence-corrected chi connectivity index (χ0v) is 18.1. The molecule has 0 bridgehead atoms. The number of benzene rings is 2. The van der Waals surface area contributed by atoms with E-state index < -0.39 is 35.2 Å². The van der Waals surface area contributed by atoms with Crippen LogP contribution in [0, 0.1) is 0 Å². The number of aliphatic carboxylic acids is 1. The van der Waals surface area contributed by atoms with Gasteiger partial charge in [0.25, 0.3) is 0 Å². The molecule has 0 spiro atoms. The van der Waals surface area contributed by atoms with Crippen LogP contribution >= 0.6 is 21.6 Å². The Bertz CT molecular complexity index is 941. The number of ether oxygens (including phenoxy) is 1. The third-order valence-electron chi connectivity index (χ3n) is 4.98. The highest BCUT2D eigenvalue weighted by Gasteiger charge is 2.34. The van der Waals surface area contributed by atoms with Gasteiger partial charge in [0.15, 0.2) is 0 Å². The molecule has 0 fully saturated rings. The lowest BCUT2D eigenvalue weighted by Crippen LogP contribution is -2.48. The second kappa shape index (κ2) is 10.2. The summed E-state index contributed by atoms with van der Waals surface area (Å²) in [7, 11) is 1.97. The van der Waals surface area contributed by atoms with E-state index in [0.29, 0.717) is 0 Å². The van der Waals surface area contributed by atoms with E-state index in [-0.39, 0.29) is 18.3 Å². The number of rotatable bonds is 10. The highest BCUT2D eigenvalue weighted by molar-refractivity contribution is 8.77. The fourth-order valence-corrected chi connectivity index (χ4v) is 5.96. The number of primary amides is 1. The van der Waals surface area contributed by atoms with Gasteiger partial charge in [0.1, 0.15) is 23.9 Å². The molecular formula is C21H23N3O5S2. The van der Waals surface area contributed by atoms with E-state index in [1.165, 1.54) is 0 Å². The lowest BCUT2D eigenvalue weighted by Gasteiger charge is -2.21. The van der Waals surface area contributed by atoms with Crippen molar-refractivity contribution in [2.75, 3.05) is 12.4 Å². The van der Waals surface area contributed by atoms with E-state index in [9.17, 15) is 14.4 Å². The zero-order chi connectivity index (χ0) is 22.5. The summed E-state index contributed by atoms with van der Waals surface area (Å²) in [5.41, 5.74) is 20.9. The average Bonchev–Trinajstić information content (AvgIpc) is 3.08. The molecule has 3 atom stereocenters. The minimum Gasteiger partial charge on any atom is -0.480 e. The molecule has 2 aromatic carbocycles. The van der Waals surface area contributed by atoms with Gasteiger partial charge in [0, 0.05) is 11.7 Å². The van der Waals surface area contributed by atoms with Gasteiger partial charge in [-0.25, -0.2) is 0 Å².